The van der Waals surface area contributed by atoms with Gasteiger partial charge in [0.05, 0.1) is 0 Å². The molecule has 0 heterocycles. The molecule has 0 spiro atoms. The summed E-state index contributed by atoms with van der Waals surface area (Å²) in [6, 6.07) is 35.7. The molecule has 0 aromatic heterocycles. The maximum Gasteiger partial charge on any atom is 0.118 e. The zero-order valence-corrected chi connectivity index (χ0v) is 31.4. The summed E-state index contributed by atoms with van der Waals surface area (Å²) in [6.45, 7) is 10.5. The lowest BCUT2D eigenvalue weighted by molar-refractivity contribution is 0.0850. The Hall–Kier alpha value is -4.70. The van der Waals surface area contributed by atoms with Crippen LogP contribution in [0, 0.1) is 39.5 Å². The lowest BCUT2D eigenvalue weighted by Gasteiger charge is -2.53. The van der Waals surface area contributed by atoms with E-state index >= 15 is 0 Å². The van der Waals surface area contributed by atoms with Gasteiger partial charge in [-0.15, -0.1) is 0 Å². The number of aromatic hydroxyl groups is 4. The van der Waals surface area contributed by atoms with Crippen LogP contribution in [0.15, 0.2) is 103 Å². The van der Waals surface area contributed by atoms with Crippen LogP contribution < -0.4 is 0 Å². The summed E-state index contributed by atoms with van der Waals surface area (Å²) in [4.78, 5) is 0. The van der Waals surface area contributed by atoms with Gasteiger partial charge in [-0.25, -0.2) is 0 Å². The Morgan fingerprint density at radius 2 is 0.731 bits per heavy atom. The molecule has 0 saturated heterocycles. The van der Waals surface area contributed by atoms with Gasteiger partial charge in [-0.2, -0.15) is 0 Å². The summed E-state index contributed by atoms with van der Waals surface area (Å²) in [5, 5.41) is 41.9. The third kappa shape index (κ3) is 6.04. The molecule has 4 N–H and O–H groups in total. The van der Waals surface area contributed by atoms with Gasteiger partial charge in [-0.05, 0) is 171 Å². The van der Waals surface area contributed by atoms with Crippen molar-refractivity contribution in [2.45, 2.75) is 102 Å². The van der Waals surface area contributed by atoms with Gasteiger partial charge in [0.2, 0.25) is 0 Å². The molecule has 2 fully saturated rings. The van der Waals surface area contributed by atoms with Crippen LogP contribution in [0.2, 0.25) is 0 Å². The Morgan fingerprint density at radius 3 is 1.00 bits per heavy atom. The van der Waals surface area contributed by atoms with Gasteiger partial charge < -0.3 is 20.4 Å². The molecule has 2 saturated carbocycles. The number of aryl methyl sites for hydroxylation is 4. The standard InChI is InChI=1S/C48H54O4/c1-31-27-38(11-15-42(31)49)47(39-12-16-43(50)32(2)28-39)23-19-36(20-24-47)46(5,35-9-7-6-8-10-35)37-21-25-48(26-22-37,40-13-17-44(51)33(3)29-40)41-14-18-45(52)34(4)30-41/h6-18,27-30,36-37,49-52H,19-26H2,1-5H3. The number of benzene rings is 5. The van der Waals surface area contributed by atoms with Crippen LogP contribution in [0.25, 0.3) is 0 Å². The fourth-order valence-electron chi connectivity index (χ4n) is 10.3. The number of phenolic OH excluding ortho intramolecular Hbond substituents is 4. The SMILES string of the molecule is Cc1cc(C2(c3ccc(O)c(C)c3)CCC(C(C)(c3ccccc3)C3CCC(c4ccc(O)c(C)c4)(c4ccc(O)c(C)c4)CC3)CC2)ccc1O. The number of hydrogen-bond donors (Lipinski definition) is 4. The molecule has 2 aliphatic rings. The second-order valence-electron chi connectivity index (χ2n) is 16.4. The van der Waals surface area contributed by atoms with E-state index in [1.807, 2.05) is 52.0 Å². The highest BCUT2D eigenvalue weighted by Crippen LogP contribution is 2.58. The van der Waals surface area contributed by atoms with Crippen LogP contribution >= 0.6 is 0 Å². The van der Waals surface area contributed by atoms with E-state index in [1.165, 1.54) is 27.8 Å². The van der Waals surface area contributed by atoms with E-state index in [0.717, 1.165) is 73.6 Å². The summed E-state index contributed by atoms with van der Waals surface area (Å²) in [7, 11) is 0. The van der Waals surface area contributed by atoms with Gasteiger partial charge in [0.1, 0.15) is 23.0 Å². The lowest BCUT2D eigenvalue weighted by atomic mass is 9.51. The normalized spacial score (nSPS) is 17.9. The van der Waals surface area contributed by atoms with Crippen molar-refractivity contribution in [2.24, 2.45) is 11.8 Å². The average molecular weight is 695 g/mol. The molecule has 5 aromatic rings. The smallest absolute Gasteiger partial charge is 0.118 e. The van der Waals surface area contributed by atoms with Crippen LogP contribution in [0.4, 0.5) is 0 Å². The highest BCUT2D eigenvalue weighted by Gasteiger charge is 2.50. The number of hydrogen-bond acceptors (Lipinski definition) is 4. The maximum absolute atomic E-state index is 10.5. The third-order valence-corrected chi connectivity index (χ3v) is 13.8. The average Bonchev–Trinajstić information content (AvgIpc) is 3.16. The first-order chi connectivity index (χ1) is 24.9. The van der Waals surface area contributed by atoms with Crippen LogP contribution in [0.1, 0.15) is 108 Å². The maximum atomic E-state index is 10.5. The monoisotopic (exact) mass is 694 g/mol. The van der Waals surface area contributed by atoms with Crippen molar-refractivity contribution >= 4 is 0 Å². The molecule has 52 heavy (non-hydrogen) atoms. The first kappa shape index (κ1) is 35.7. The van der Waals surface area contributed by atoms with E-state index in [0.29, 0.717) is 34.8 Å². The van der Waals surface area contributed by atoms with Crippen molar-refractivity contribution in [1.82, 2.24) is 0 Å². The van der Waals surface area contributed by atoms with E-state index in [-0.39, 0.29) is 16.2 Å². The van der Waals surface area contributed by atoms with E-state index in [2.05, 4.69) is 85.8 Å². The van der Waals surface area contributed by atoms with Crippen LogP contribution in [-0.4, -0.2) is 20.4 Å². The Morgan fingerprint density at radius 1 is 0.442 bits per heavy atom. The molecule has 2 aliphatic carbocycles. The quantitative estimate of drug-likeness (QED) is 0.137. The second kappa shape index (κ2) is 13.7. The summed E-state index contributed by atoms with van der Waals surface area (Å²) in [5.41, 5.74) is 9.49. The summed E-state index contributed by atoms with van der Waals surface area (Å²) < 4.78 is 0. The summed E-state index contributed by atoms with van der Waals surface area (Å²) in [5.74, 6) is 2.25. The highest BCUT2D eigenvalue weighted by atomic mass is 16.3. The minimum Gasteiger partial charge on any atom is -0.508 e. The van der Waals surface area contributed by atoms with Crippen molar-refractivity contribution in [3.8, 4) is 23.0 Å². The molecule has 270 valence electrons. The molecule has 4 heteroatoms. The summed E-state index contributed by atoms with van der Waals surface area (Å²) in [6.07, 6.45) is 8.25. The summed E-state index contributed by atoms with van der Waals surface area (Å²) >= 11 is 0. The Kier molecular flexibility index (Phi) is 9.40. The lowest BCUT2D eigenvalue weighted by Crippen LogP contribution is -2.47. The van der Waals surface area contributed by atoms with Gasteiger partial charge in [-0.3, -0.25) is 0 Å². The molecule has 0 unspecified atom stereocenters. The van der Waals surface area contributed by atoms with E-state index in [4.69, 9.17) is 0 Å². The fraction of sp³-hybridized carbons (Fsp3) is 0.375. The van der Waals surface area contributed by atoms with Crippen molar-refractivity contribution in [1.29, 1.82) is 0 Å². The fourth-order valence-corrected chi connectivity index (χ4v) is 10.3. The first-order valence-electron chi connectivity index (χ1n) is 19.1. The van der Waals surface area contributed by atoms with Gasteiger partial charge >= 0.3 is 0 Å². The van der Waals surface area contributed by atoms with Crippen LogP contribution in [0.3, 0.4) is 0 Å². The van der Waals surface area contributed by atoms with Crippen molar-refractivity contribution in [3.05, 3.63) is 153 Å². The molecule has 0 bridgehead atoms. The molecular weight excluding hydrogens is 641 g/mol. The number of rotatable bonds is 7. The van der Waals surface area contributed by atoms with E-state index in [1.54, 1.807) is 0 Å². The molecular formula is C48H54O4. The van der Waals surface area contributed by atoms with Gasteiger partial charge in [-0.1, -0.05) is 85.8 Å². The molecule has 0 aliphatic heterocycles. The van der Waals surface area contributed by atoms with Crippen molar-refractivity contribution in [2.75, 3.05) is 0 Å². The number of phenols is 4. The molecule has 0 amide bonds. The minimum absolute atomic E-state index is 0.0366. The predicted octanol–water partition coefficient (Wildman–Crippen LogP) is 11.4. The Bertz CT molecular complexity index is 1830. The molecule has 0 atom stereocenters. The molecule has 0 radical (unpaired) electrons. The minimum atomic E-state index is -0.208. The largest absolute Gasteiger partial charge is 0.508 e. The van der Waals surface area contributed by atoms with Crippen molar-refractivity contribution in [3.63, 3.8) is 0 Å². The first-order valence-corrected chi connectivity index (χ1v) is 19.1. The Balaban J connectivity index is 1.25. The third-order valence-electron chi connectivity index (χ3n) is 13.8. The van der Waals surface area contributed by atoms with E-state index in [9.17, 15) is 20.4 Å². The zero-order valence-electron chi connectivity index (χ0n) is 31.4. The van der Waals surface area contributed by atoms with Gasteiger partial charge in [0, 0.05) is 10.8 Å². The van der Waals surface area contributed by atoms with Crippen LogP contribution in [-0.2, 0) is 16.2 Å². The van der Waals surface area contributed by atoms with Crippen LogP contribution in [0.5, 0.6) is 23.0 Å². The topological polar surface area (TPSA) is 80.9 Å². The molecule has 5 aromatic carbocycles. The Labute approximate surface area is 309 Å². The second-order valence-corrected chi connectivity index (χ2v) is 16.4. The van der Waals surface area contributed by atoms with Gasteiger partial charge in [0.15, 0.2) is 0 Å². The van der Waals surface area contributed by atoms with Gasteiger partial charge in [0.25, 0.3) is 0 Å². The van der Waals surface area contributed by atoms with E-state index < -0.39 is 0 Å². The predicted molar refractivity (Wildman–Crippen MR) is 211 cm³/mol. The highest BCUT2D eigenvalue weighted by molar-refractivity contribution is 5.50. The molecule has 7 rings (SSSR count). The molecule has 4 nitrogen and oxygen atoms in total. The zero-order chi connectivity index (χ0) is 36.8. The van der Waals surface area contributed by atoms with Crippen molar-refractivity contribution < 1.29 is 20.4 Å².